The van der Waals surface area contributed by atoms with Gasteiger partial charge in [0.15, 0.2) is 0 Å². The minimum absolute atomic E-state index is 0.00239. The summed E-state index contributed by atoms with van der Waals surface area (Å²) in [5.41, 5.74) is 2.63. The molecule has 3 N–H and O–H groups in total. The van der Waals surface area contributed by atoms with Crippen molar-refractivity contribution >= 4 is 18.0 Å². The molecule has 7 nitrogen and oxygen atoms in total. The lowest BCUT2D eigenvalue weighted by Crippen LogP contribution is -2.57. The molecule has 2 unspecified atom stereocenters. The molecule has 4 rings (SSSR count). The van der Waals surface area contributed by atoms with Gasteiger partial charge in [0, 0.05) is 23.9 Å². The molecule has 1 saturated carbocycles. The zero-order valence-electron chi connectivity index (χ0n) is 20.1. The molecule has 2 aliphatic rings. The molecule has 0 saturated heterocycles. The van der Waals surface area contributed by atoms with E-state index < -0.39 is 23.0 Å². The average molecular weight is 465 g/mol. The van der Waals surface area contributed by atoms with Crippen molar-refractivity contribution in [2.75, 3.05) is 13.2 Å². The Bertz CT molecular complexity index is 1080. The van der Waals surface area contributed by atoms with Gasteiger partial charge in [0.25, 0.3) is 0 Å². The monoisotopic (exact) mass is 464 g/mol. The van der Waals surface area contributed by atoms with Gasteiger partial charge in [0.05, 0.1) is 5.41 Å². The minimum Gasteiger partial charge on any atom is -0.481 e. The minimum atomic E-state index is -1.12. The van der Waals surface area contributed by atoms with Crippen LogP contribution in [0, 0.1) is 17.3 Å². The van der Waals surface area contributed by atoms with Gasteiger partial charge in [-0.25, -0.2) is 4.79 Å². The van der Waals surface area contributed by atoms with Crippen molar-refractivity contribution in [2.45, 2.75) is 45.6 Å². The Hall–Kier alpha value is -3.35. The lowest BCUT2D eigenvalue weighted by Gasteiger charge is -2.38. The normalized spacial score (nSPS) is 19.1. The number of carbonyl (C=O) groups is 3. The number of fused-ring (bicyclic) bond motifs is 3. The molecule has 180 valence electrons. The number of rotatable bonds is 8. The van der Waals surface area contributed by atoms with Crippen LogP contribution in [0.4, 0.5) is 4.79 Å². The van der Waals surface area contributed by atoms with Gasteiger partial charge in [0.2, 0.25) is 5.91 Å². The first-order chi connectivity index (χ1) is 16.0. The molecule has 2 aliphatic carbocycles. The standard InChI is InChI=1S/C27H32N2O5/c1-26(2,24(31)32)27(3,4)29-23(30)21-13-16(21)14-28-25(33)34-15-22-19-11-7-5-9-17(19)18-10-6-8-12-20(18)22/h5-12,16,21-22H,13-15H2,1-4H3,(H,28,33)(H,29,30)(H,31,32). The first-order valence-corrected chi connectivity index (χ1v) is 11.7. The van der Waals surface area contributed by atoms with Crippen molar-refractivity contribution in [1.29, 1.82) is 0 Å². The van der Waals surface area contributed by atoms with Crippen molar-refractivity contribution in [3.8, 4) is 11.1 Å². The highest BCUT2D eigenvalue weighted by Crippen LogP contribution is 2.44. The smallest absolute Gasteiger partial charge is 0.407 e. The quantitative estimate of drug-likeness (QED) is 0.544. The Balaban J connectivity index is 1.26. The zero-order chi connectivity index (χ0) is 24.7. The Labute approximate surface area is 199 Å². The van der Waals surface area contributed by atoms with Crippen molar-refractivity contribution in [3.63, 3.8) is 0 Å². The lowest BCUT2D eigenvalue weighted by atomic mass is 9.74. The number of hydrogen-bond donors (Lipinski definition) is 3. The van der Waals surface area contributed by atoms with Gasteiger partial charge in [-0.3, -0.25) is 9.59 Å². The first-order valence-electron chi connectivity index (χ1n) is 11.7. The van der Waals surface area contributed by atoms with Crippen LogP contribution < -0.4 is 10.6 Å². The summed E-state index contributed by atoms with van der Waals surface area (Å²) in [6, 6.07) is 16.3. The van der Waals surface area contributed by atoms with Crippen molar-refractivity contribution in [3.05, 3.63) is 59.7 Å². The number of amides is 2. The van der Waals surface area contributed by atoms with Crippen LogP contribution in [-0.2, 0) is 14.3 Å². The third-order valence-corrected chi connectivity index (χ3v) is 7.64. The predicted octanol–water partition coefficient (Wildman–Crippen LogP) is 4.17. The molecule has 2 aromatic carbocycles. The van der Waals surface area contributed by atoms with Gasteiger partial charge >= 0.3 is 12.1 Å². The molecule has 34 heavy (non-hydrogen) atoms. The molecular weight excluding hydrogens is 432 g/mol. The number of benzene rings is 2. The molecule has 0 bridgehead atoms. The van der Waals surface area contributed by atoms with Gasteiger partial charge in [-0.2, -0.15) is 0 Å². The van der Waals surface area contributed by atoms with Crippen molar-refractivity contribution in [1.82, 2.24) is 10.6 Å². The molecular formula is C27H32N2O5. The zero-order valence-corrected chi connectivity index (χ0v) is 20.1. The molecule has 2 atom stereocenters. The van der Waals surface area contributed by atoms with E-state index >= 15 is 0 Å². The number of hydrogen-bond acceptors (Lipinski definition) is 4. The highest BCUT2D eigenvalue weighted by atomic mass is 16.5. The van der Waals surface area contributed by atoms with Crippen LogP contribution >= 0.6 is 0 Å². The summed E-state index contributed by atoms with van der Waals surface area (Å²) in [7, 11) is 0. The fourth-order valence-electron chi connectivity index (χ4n) is 4.48. The number of nitrogens with one attached hydrogen (secondary N) is 2. The van der Waals surface area contributed by atoms with Crippen molar-refractivity contribution in [2.24, 2.45) is 17.3 Å². The topological polar surface area (TPSA) is 105 Å². The fourth-order valence-corrected chi connectivity index (χ4v) is 4.48. The molecule has 0 aromatic heterocycles. The maximum atomic E-state index is 12.6. The summed E-state index contributed by atoms with van der Waals surface area (Å²) in [5, 5.41) is 15.1. The van der Waals surface area contributed by atoms with Crippen LogP contribution in [0.25, 0.3) is 11.1 Å². The highest BCUT2D eigenvalue weighted by Gasteiger charge is 2.49. The summed E-state index contributed by atoms with van der Waals surface area (Å²) < 4.78 is 5.55. The van der Waals surface area contributed by atoms with E-state index in [2.05, 4.69) is 34.9 Å². The summed E-state index contributed by atoms with van der Waals surface area (Å²) in [6.07, 6.45) is 0.152. The van der Waals surface area contributed by atoms with E-state index in [1.165, 1.54) is 11.1 Å². The first kappa shape index (κ1) is 23.8. The van der Waals surface area contributed by atoms with E-state index in [1.54, 1.807) is 27.7 Å². The summed E-state index contributed by atoms with van der Waals surface area (Å²) in [6.45, 7) is 7.21. The van der Waals surface area contributed by atoms with Gasteiger partial charge < -0.3 is 20.5 Å². The number of carboxylic acid groups (broad SMARTS) is 1. The molecule has 0 radical (unpaired) electrons. The number of ether oxygens (including phenoxy) is 1. The lowest BCUT2D eigenvalue weighted by molar-refractivity contribution is -0.151. The second-order valence-electron chi connectivity index (χ2n) is 10.4. The molecule has 0 aliphatic heterocycles. The van der Waals surface area contributed by atoms with Crippen LogP contribution in [0.5, 0.6) is 0 Å². The van der Waals surface area contributed by atoms with E-state index in [1.807, 2.05) is 24.3 Å². The van der Waals surface area contributed by atoms with Crippen molar-refractivity contribution < 1.29 is 24.2 Å². The van der Waals surface area contributed by atoms with Crippen LogP contribution in [0.15, 0.2) is 48.5 Å². The molecule has 7 heteroatoms. The Morgan fingerprint density at radius 3 is 2.09 bits per heavy atom. The Morgan fingerprint density at radius 1 is 0.971 bits per heavy atom. The Kier molecular flexibility index (Phi) is 6.14. The molecule has 0 spiro atoms. The number of carbonyl (C=O) groups excluding carboxylic acids is 2. The number of alkyl carbamates (subject to hydrolysis) is 1. The maximum Gasteiger partial charge on any atom is 0.407 e. The van der Waals surface area contributed by atoms with E-state index in [-0.39, 0.29) is 30.3 Å². The van der Waals surface area contributed by atoms with Crippen LogP contribution in [-0.4, -0.2) is 41.8 Å². The van der Waals surface area contributed by atoms with Gasteiger partial charge in [-0.15, -0.1) is 0 Å². The predicted molar refractivity (Wildman–Crippen MR) is 128 cm³/mol. The third-order valence-electron chi connectivity index (χ3n) is 7.64. The molecule has 1 fully saturated rings. The van der Waals surface area contributed by atoms with Crippen LogP contribution in [0.3, 0.4) is 0 Å². The third kappa shape index (κ3) is 4.39. The van der Waals surface area contributed by atoms with E-state index in [0.717, 1.165) is 11.1 Å². The SMILES string of the molecule is CC(C)(NC(=O)C1CC1CNC(=O)OCC1c2ccccc2-c2ccccc21)C(C)(C)C(=O)O. The van der Waals surface area contributed by atoms with Gasteiger partial charge in [-0.1, -0.05) is 48.5 Å². The van der Waals surface area contributed by atoms with E-state index in [0.29, 0.717) is 13.0 Å². The van der Waals surface area contributed by atoms with Gasteiger partial charge in [-0.05, 0) is 62.3 Å². The summed E-state index contributed by atoms with van der Waals surface area (Å²) >= 11 is 0. The van der Waals surface area contributed by atoms with Gasteiger partial charge in [0.1, 0.15) is 6.61 Å². The number of carboxylic acids is 1. The average Bonchev–Trinajstić information content (AvgIpc) is 3.51. The second-order valence-corrected chi connectivity index (χ2v) is 10.4. The van der Waals surface area contributed by atoms with E-state index in [4.69, 9.17) is 4.74 Å². The summed E-state index contributed by atoms with van der Waals surface area (Å²) in [5.74, 6) is -1.37. The van der Waals surface area contributed by atoms with Crippen LogP contribution in [0.1, 0.15) is 51.2 Å². The Morgan fingerprint density at radius 2 is 1.53 bits per heavy atom. The molecule has 0 heterocycles. The fraction of sp³-hybridized carbons (Fsp3) is 0.444. The maximum absolute atomic E-state index is 12.6. The molecule has 2 aromatic rings. The largest absolute Gasteiger partial charge is 0.481 e. The number of aliphatic carboxylic acids is 1. The van der Waals surface area contributed by atoms with E-state index in [9.17, 15) is 19.5 Å². The van der Waals surface area contributed by atoms with Crippen LogP contribution in [0.2, 0.25) is 0 Å². The highest BCUT2D eigenvalue weighted by molar-refractivity contribution is 5.84. The summed E-state index contributed by atoms with van der Waals surface area (Å²) in [4.78, 5) is 36.6. The molecule has 2 amide bonds. The second kappa shape index (κ2) is 8.78.